The minimum absolute atomic E-state index is 0.146. The highest BCUT2D eigenvalue weighted by molar-refractivity contribution is 6.03. The zero-order chi connectivity index (χ0) is 14.4. The van der Waals surface area contributed by atoms with Crippen molar-refractivity contribution in [1.82, 2.24) is 9.97 Å². The van der Waals surface area contributed by atoms with E-state index < -0.39 is 11.7 Å². The molecule has 0 aliphatic heterocycles. The number of amides is 1. The van der Waals surface area contributed by atoms with Gasteiger partial charge in [0.2, 0.25) is 5.95 Å². The Balaban J connectivity index is 2.17. The van der Waals surface area contributed by atoms with Gasteiger partial charge in [-0.1, -0.05) is 11.8 Å². The lowest BCUT2D eigenvalue weighted by molar-refractivity contribution is 0.102. The van der Waals surface area contributed by atoms with E-state index in [1.54, 1.807) is 6.07 Å². The minimum Gasteiger partial charge on any atom is -0.320 e. The van der Waals surface area contributed by atoms with Crippen LogP contribution in [0.2, 0.25) is 0 Å². The molecule has 0 aliphatic rings. The first kappa shape index (κ1) is 13.6. The third-order valence-corrected chi connectivity index (χ3v) is 2.35. The highest BCUT2D eigenvalue weighted by Crippen LogP contribution is 2.10. The molecule has 1 heterocycles. The molecule has 2 aromatic rings. The molecule has 0 spiro atoms. The Bertz CT molecular complexity index is 677. The lowest BCUT2D eigenvalue weighted by Gasteiger charge is -2.04. The van der Waals surface area contributed by atoms with Crippen LogP contribution in [-0.2, 0) is 0 Å². The van der Waals surface area contributed by atoms with Gasteiger partial charge in [0.25, 0.3) is 5.91 Å². The molecule has 0 saturated carbocycles. The molecule has 0 aliphatic carbocycles. The fourth-order valence-electron chi connectivity index (χ4n) is 1.44. The molecule has 6 heteroatoms. The smallest absolute Gasteiger partial charge is 0.258 e. The molecule has 1 aromatic heterocycles. The molecule has 0 saturated heterocycles. The molecule has 20 heavy (non-hydrogen) atoms. The molecular formula is C14H11FN4O. The number of carbonyl (C=O) groups excluding carboxylic acids is 1. The summed E-state index contributed by atoms with van der Waals surface area (Å²) in [4.78, 5) is 19.6. The van der Waals surface area contributed by atoms with Crippen molar-refractivity contribution in [3.8, 4) is 11.8 Å². The molecule has 0 radical (unpaired) electrons. The van der Waals surface area contributed by atoms with Gasteiger partial charge in [-0.25, -0.2) is 14.4 Å². The van der Waals surface area contributed by atoms with Crippen molar-refractivity contribution in [2.75, 3.05) is 11.9 Å². The normalized spacial score (nSPS) is 9.50. The zero-order valence-electron chi connectivity index (χ0n) is 10.4. The number of halogens is 1. The summed E-state index contributed by atoms with van der Waals surface area (Å²) in [5.41, 5.74) is 5.57. The fourth-order valence-corrected chi connectivity index (χ4v) is 1.44. The van der Waals surface area contributed by atoms with Gasteiger partial charge in [0.1, 0.15) is 5.82 Å². The summed E-state index contributed by atoms with van der Waals surface area (Å²) in [6, 6.07) is 5.64. The van der Waals surface area contributed by atoms with Crippen LogP contribution in [-0.4, -0.2) is 22.4 Å². The Kier molecular flexibility index (Phi) is 4.37. The first-order valence-electron chi connectivity index (χ1n) is 5.77. The van der Waals surface area contributed by atoms with Gasteiger partial charge in [0.05, 0.1) is 12.1 Å². The second kappa shape index (κ2) is 6.41. The third-order valence-electron chi connectivity index (χ3n) is 2.35. The Morgan fingerprint density at radius 3 is 2.75 bits per heavy atom. The van der Waals surface area contributed by atoms with Crippen molar-refractivity contribution in [3.63, 3.8) is 0 Å². The average molecular weight is 270 g/mol. The van der Waals surface area contributed by atoms with E-state index in [0.717, 1.165) is 6.07 Å². The fraction of sp³-hybridized carbons (Fsp3) is 0.0714. The Hall–Kier alpha value is -2.78. The van der Waals surface area contributed by atoms with E-state index in [9.17, 15) is 9.18 Å². The van der Waals surface area contributed by atoms with Crippen molar-refractivity contribution in [1.29, 1.82) is 0 Å². The average Bonchev–Trinajstić information content (AvgIpc) is 2.47. The Morgan fingerprint density at radius 1 is 1.35 bits per heavy atom. The van der Waals surface area contributed by atoms with Crippen LogP contribution >= 0.6 is 0 Å². The van der Waals surface area contributed by atoms with Crippen LogP contribution in [0.25, 0.3) is 0 Å². The molecule has 0 atom stereocenters. The topological polar surface area (TPSA) is 80.9 Å². The number of anilines is 1. The second-order valence-corrected chi connectivity index (χ2v) is 3.73. The molecule has 100 valence electrons. The summed E-state index contributed by atoms with van der Waals surface area (Å²) in [5, 5.41) is 2.46. The number of aromatic nitrogens is 2. The Morgan fingerprint density at radius 2 is 2.10 bits per heavy atom. The summed E-state index contributed by atoms with van der Waals surface area (Å²) in [6.07, 6.45) is 2.99. The molecule has 0 unspecified atom stereocenters. The lowest BCUT2D eigenvalue weighted by atomic mass is 10.1. The molecule has 5 nitrogen and oxygen atoms in total. The highest BCUT2D eigenvalue weighted by Gasteiger charge is 2.10. The zero-order valence-corrected chi connectivity index (χ0v) is 10.4. The third kappa shape index (κ3) is 3.37. The van der Waals surface area contributed by atoms with E-state index in [1.165, 1.54) is 24.5 Å². The molecule has 1 aromatic carbocycles. The molecule has 2 rings (SSSR count). The maximum Gasteiger partial charge on any atom is 0.258 e. The number of carbonyl (C=O) groups is 1. The SMILES string of the molecule is NCC#Cc1ccc(C(=O)Nc2ncccn2)cc1F. The predicted octanol–water partition coefficient (Wildman–Crippen LogP) is 1.18. The number of nitrogens with zero attached hydrogens (tertiary/aromatic N) is 2. The number of benzene rings is 1. The van der Waals surface area contributed by atoms with E-state index in [1.807, 2.05) is 0 Å². The lowest BCUT2D eigenvalue weighted by Crippen LogP contribution is -2.14. The van der Waals surface area contributed by atoms with Crippen LogP contribution in [0, 0.1) is 17.7 Å². The molecule has 1 amide bonds. The summed E-state index contributed by atoms with van der Waals surface area (Å²) in [7, 11) is 0. The van der Waals surface area contributed by atoms with Crippen molar-refractivity contribution in [2.24, 2.45) is 5.73 Å². The number of nitrogens with two attached hydrogens (primary N) is 1. The van der Waals surface area contributed by atoms with Gasteiger partial charge >= 0.3 is 0 Å². The van der Waals surface area contributed by atoms with Crippen molar-refractivity contribution in [2.45, 2.75) is 0 Å². The monoisotopic (exact) mass is 270 g/mol. The van der Waals surface area contributed by atoms with Crippen molar-refractivity contribution < 1.29 is 9.18 Å². The number of nitrogens with one attached hydrogen (secondary N) is 1. The molecule has 3 N–H and O–H groups in total. The highest BCUT2D eigenvalue weighted by atomic mass is 19.1. The van der Waals surface area contributed by atoms with E-state index in [2.05, 4.69) is 27.1 Å². The van der Waals surface area contributed by atoms with Gasteiger partial charge in [0.15, 0.2) is 0 Å². The first-order chi connectivity index (χ1) is 9.70. The quantitative estimate of drug-likeness (QED) is 0.803. The minimum atomic E-state index is -0.576. The number of hydrogen-bond acceptors (Lipinski definition) is 4. The summed E-state index contributed by atoms with van der Waals surface area (Å²) in [6.45, 7) is 0.146. The number of rotatable bonds is 2. The van der Waals surface area contributed by atoms with Crippen LogP contribution in [0.5, 0.6) is 0 Å². The van der Waals surface area contributed by atoms with Gasteiger partial charge in [0, 0.05) is 18.0 Å². The van der Waals surface area contributed by atoms with Crippen LogP contribution in [0.1, 0.15) is 15.9 Å². The maximum atomic E-state index is 13.7. The van der Waals surface area contributed by atoms with Gasteiger partial charge in [-0.05, 0) is 24.3 Å². The first-order valence-corrected chi connectivity index (χ1v) is 5.77. The van der Waals surface area contributed by atoms with Gasteiger partial charge in [-0.15, -0.1) is 0 Å². The number of hydrogen-bond donors (Lipinski definition) is 2. The summed E-state index contributed by atoms with van der Waals surface area (Å²) in [5.74, 6) is 4.22. The van der Waals surface area contributed by atoms with Crippen LogP contribution in [0.3, 0.4) is 0 Å². The maximum absolute atomic E-state index is 13.7. The standard InChI is InChI=1S/C14H11FN4O/c15-12-9-11(5-4-10(12)3-1-6-16)13(20)19-14-17-7-2-8-18-14/h2,4-5,7-9H,6,16H2,(H,17,18,19,20). The van der Waals surface area contributed by atoms with Gasteiger partial charge in [-0.3, -0.25) is 10.1 Å². The molecular weight excluding hydrogens is 259 g/mol. The Labute approximate surface area is 115 Å². The second-order valence-electron chi connectivity index (χ2n) is 3.73. The van der Waals surface area contributed by atoms with Crippen LogP contribution in [0.15, 0.2) is 36.7 Å². The van der Waals surface area contributed by atoms with Crippen molar-refractivity contribution in [3.05, 3.63) is 53.6 Å². The molecule has 0 bridgehead atoms. The predicted molar refractivity (Wildman–Crippen MR) is 72.3 cm³/mol. The van der Waals surface area contributed by atoms with Gasteiger partial charge < -0.3 is 5.73 Å². The summed E-state index contributed by atoms with van der Waals surface area (Å²) < 4.78 is 13.7. The molecule has 0 fully saturated rings. The van der Waals surface area contributed by atoms with E-state index in [-0.39, 0.29) is 23.6 Å². The van der Waals surface area contributed by atoms with E-state index in [4.69, 9.17) is 5.73 Å². The van der Waals surface area contributed by atoms with Crippen LogP contribution < -0.4 is 11.1 Å². The largest absolute Gasteiger partial charge is 0.320 e. The van der Waals surface area contributed by atoms with Crippen molar-refractivity contribution >= 4 is 11.9 Å². The van der Waals surface area contributed by atoms with Gasteiger partial charge in [-0.2, -0.15) is 0 Å². The summed E-state index contributed by atoms with van der Waals surface area (Å²) >= 11 is 0. The van der Waals surface area contributed by atoms with Crippen LogP contribution in [0.4, 0.5) is 10.3 Å². The van der Waals surface area contributed by atoms with E-state index in [0.29, 0.717) is 0 Å². The van der Waals surface area contributed by atoms with E-state index >= 15 is 0 Å².